The quantitative estimate of drug-likeness (QED) is 0.588. The van der Waals surface area contributed by atoms with Gasteiger partial charge < -0.3 is 4.42 Å². The van der Waals surface area contributed by atoms with Crippen LogP contribution >= 0.6 is 0 Å². The standard InChI is InChI=1S/C18H16N2O2/c1-12(19-20-18(21)16-10-11-22-13(16)2)15-9-5-7-14-6-3-4-8-17(14)15/h3-11H,1-2H3,(H,20,21)/b19-12-. The molecule has 4 heteroatoms. The Kier molecular flexibility index (Phi) is 3.74. The number of rotatable bonds is 3. The van der Waals surface area contributed by atoms with Crippen LogP contribution in [0, 0.1) is 6.92 Å². The molecule has 0 bridgehead atoms. The Morgan fingerprint density at radius 3 is 2.59 bits per heavy atom. The van der Waals surface area contributed by atoms with E-state index >= 15 is 0 Å². The lowest BCUT2D eigenvalue weighted by atomic mass is 10.0. The van der Waals surface area contributed by atoms with Crippen LogP contribution in [0.2, 0.25) is 0 Å². The third kappa shape index (κ3) is 2.63. The monoisotopic (exact) mass is 292 g/mol. The van der Waals surface area contributed by atoms with E-state index in [1.54, 1.807) is 13.0 Å². The van der Waals surface area contributed by atoms with Crippen LogP contribution in [0.4, 0.5) is 0 Å². The summed E-state index contributed by atoms with van der Waals surface area (Å²) in [6.07, 6.45) is 1.49. The van der Waals surface area contributed by atoms with Gasteiger partial charge in [0.25, 0.3) is 5.91 Å². The zero-order valence-corrected chi connectivity index (χ0v) is 12.5. The molecule has 1 heterocycles. The second-order valence-corrected chi connectivity index (χ2v) is 5.06. The summed E-state index contributed by atoms with van der Waals surface area (Å²) in [6, 6.07) is 15.8. The number of fused-ring (bicyclic) bond motifs is 1. The van der Waals surface area contributed by atoms with E-state index in [4.69, 9.17) is 4.42 Å². The molecule has 0 aliphatic rings. The van der Waals surface area contributed by atoms with Crippen LogP contribution in [0.25, 0.3) is 10.8 Å². The Hall–Kier alpha value is -2.88. The molecular formula is C18H16N2O2. The minimum atomic E-state index is -0.272. The van der Waals surface area contributed by atoms with Gasteiger partial charge in [-0.1, -0.05) is 42.5 Å². The van der Waals surface area contributed by atoms with Gasteiger partial charge in [0.1, 0.15) is 5.76 Å². The van der Waals surface area contributed by atoms with Crippen LogP contribution < -0.4 is 5.43 Å². The van der Waals surface area contributed by atoms with Crippen LogP contribution in [0.3, 0.4) is 0 Å². The van der Waals surface area contributed by atoms with Crippen LogP contribution in [-0.2, 0) is 0 Å². The zero-order chi connectivity index (χ0) is 15.5. The Bertz CT molecular complexity index is 857. The van der Waals surface area contributed by atoms with Crippen LogP contribution in [0.1, 0.15) is 28.6 Å². The first kappa shape index (κ1) is 14.1. The Balaban J connectivity index is 1.88. The van der Waals surface area contributed by atoms with Gasteiger partial charge in [0.2, 0.25) is 0 Å². The minimum absolute atomic E-state index is 0.272. The number of benzene rings is 2. The van der Waals surface area contributed by atoms with Crippen molar-refractivity contribution in [2.24, 2.45) is 5.10 Å². The molecule has 110 valence electrons. The van der Waals surface area contributed by atoms with Gasteiger partial charge in [-0.15, -0.1) is 0 Å². The first-order chi connectivity index (χ1) is 10.7. The van der Waals surface area contributed by atoms with Crippen molar-refractivity contribution < 1.29 is 9.21 Å². The number of amides is 1. The number of nitrogens with one attached hydrogen (secondary N) is 1. The molecule has 3 rings (SSSR count). The molecular weight excluding hydrogens is 276 g/mol. The summed E-state index contributed by atoms with van der Waals surface area (Å²) in [5, 5.41) is 6.47. The van der Waals surface area contributed by atoms with Crippen molar-refractivity contribution in [2.45, 2.75) is 13.8 Å². The number of hydrogen-bond acceptors (Lipinski definition) is 3. The van der Waals surface area contributed by atoms with Gasteiger partial charge in [-0.05, 0) is 30.7 Å². The summed E-state index contributed by atoms with van der Waals surface area (Å²) in [5.74, 6) is 0.307. The summed E-state index contributed by atoms with van der Waals surface area (Å²) in [7, 11) is 0. The minimum Gasteiger partial charge on any atom is -0.469 e. The molecule has 2 aromatic carbocycles. The van der Waals surface area contributed by atoms with Gasteiger partial charge in [-0.25, -0.2) is 5.43 Å². The molecule has 0 atom stereocenters. The first-order valence-corrected chi connectivity index (χ1v) is 7.03. The Morgan fingerprint density at radius 2 is 1.82 bits per heavy atom. The fourth-order valence-corrected chi connectivity index (χ4v) is 2.42. The number of furan rings is 1. The maximum Gasteiger partial charge on any atom is 0.274 e. The van der Waals surface area contributed by atoms with E-state index in [0.717, 1.165) is 22.0 Å². The van der Waals surface area contributed by atoms with Crippen molar-refractivity contribution >= 4 is 22.4 Å². The van der Waals surface area contributed by atoms with Crippen LogP contribution in [0.15, 0.2) is 64.3 Å². The molecule has 3 aromatic rings. The van der Waals surface area contributed by atoms with E-state index in [-0.39, 0.29) is 5.91 Å². The maximum atomic E-state index is 12.0. The highest BCUT2D eigenvalue weighted by Gasteiger charge is 2.11. The summed E-state index contributed by atoms with van der Waals surface area (Å²) < 4.78 is 5.13. The predicted molar refractivity (Wildman–Crippen MR) is 87.1 cm³/mol. The Morgan fingerprint density at radius 1 is 1.05 bits per heavy atom. The van der Waals surface area contributed by atoms with Crippen molar-refractivity contribution in [3.8, 4) is 0 Å². The lowest BCUT2D eigenvalue weighted by Gasteiger charge is -2.06. The van der Waals surface area contributed by atoms with Gasteiger partial charge in [0.15, 0.2) is 0 Å². The SMILES string of the molecule is C/C(=N/NC(=O)c1ccoc1C)c1cccc2ccccc12. The largest absolute Gasteiger partial charge is 0.469 e. The van der Waals surface area contributed by atoms with Gasteiger partial charge in [0.05, 0.1) is 17.5 Å². The zero-order valence-electron chi connectivity index (χ0n) is 12.5. The fraction of sp³-hybridized carbons (Fsp3) is 0.111. The summed E-state index contributed by atoms with van der Waals surface area (Å²) in [5.41, 5.74) is 4.83. The predicted octanol–water partition coefficient (Wildman–Crippen LogP) is 3.90. The average Bonchev–Trinajstić information content (AvgIpc) is 2.98. The topological polar surface area (TPSA) is 54.6 Å². The van der Waals surface area contributed by atoms with Crippen molar-refractivity contribution in [1.29, 1.82) is 0 Å². The van der Waals surface area contributed by atoms with Crippen molar-refractivity contribution in [3.63, 3.8) is 0 Å². The molecule has 0 aliphatic heterocycles. The number of aryl methyl sites for hydroxylation is 1. The fourth-order valence-electron chi connectivity index (χ4n) is 2.42. The van der Waals surface area contributed by atoms with Crippen LogP contribution in [-0.4, -0.2) is 11.6 Å². The highest BCUT2D eigenvalue weighted by Crippen LogP contribution is 2.19. The molecule has 4 nitrogen and oxygen atoms in total. The Labute approximate surface area is 128 Å². The van der Waals surface area contributed by atoms with E-state index in [9.17, 15) is 4.79 Å². The normalized spacial score (nSPS) is 11.6. The number of nitrogens with zero attached hydrogens (tertiary/aromatic N) is 1. The lowest BCUT2D eigenvalue weighted by molar-refractivity contribution is 0.0953. The molecule has 0 aliphatic carbocycles. The second-order valence-electron chi connectivity index (χ2n) is 5.06. The van der Waals surface area contributed by atoms with Crippen molar-refractivity contribution in [2.75, 3.05) is 0 Å². The van der Waals surface area contributed by atoms with E-state index in [2.05, 4.69) is 22.7 Å². The molecule has 0 radical (unpaired) electrons. The number of carbonyl (C=O) groups is 1. The third-order valence-corrected chi connectivity index (χ3v) is 3.61. The van der Waals surface area contributed by atoms with E-state index in [0.29, 0.717) is 11.3 Å². The molecule has 0 saturated heterocycles. The molecule has 0 fully saturated rings. The maximum absolute atomic E-state index is 12.0. The van der Waals surface area contributed by atoms with E-state index in [1.165, 1.54) is 6.26 Å². The molecule has 0 unspecified atom stereocenters. The van der Waals surface area contributed by atoms with Gasteiger partial charge >= 0.3 is 0 Å². The van der Waals surface area contributed by atoms with E-state index < -0.39 is 0 Å². The van der Waals surface area contributed by atoms with Crippen molar-refractivity contribution in [3.05, 3.63) is 71.7 Å². The highest BCUT2D eigenvalue weighted by atomic mass is 16.3. The molecule has 1 amide bonds. The highest BCUT2D eigenvalue weighted by molar-refractivity contribution is 6.10. The van der Waals surface area contributed by atoms with Crippen LogP contribution in [0.5, 0.6) is 0 Å². The summed E-state index contributed by atoms with van der Waals surface area (Å²) in [6.45, 7) is 3.63. The van der Waals surface area contributed by atoms with Gasteiger partial charge in [-0.3, -0.25) is 4.79 Å². The first-order valence-electron chi connectivity index (χ1n) is 7.03. The molecule has 0 saturated carbocycles. The molecule has 1 N–H and O–H groups in total. The number of hydrogen-bond donors (Lipinski definition) is 1. The smallest absolute Gasteiger partial charge is 0.274 e. The summed E-state index contributed by atoms with van der Waals surface area (Å²) >= 11 is 0. The van der Waals surface area contributed by atoms with Gasteiger partial charge in [0, 0.05) is 5.56 Å². The lowest BCUT2D eigenvalue weighted by Crippen LogP contribution is -2.19. The molecule has 0 spiro atoms. The average molecular weight is 292 g/mol. The van der Waals surface area contributed by atoms with Crippen molar-refractivity contribution in [1.82, 2.24) is 5.43 Å². The number of carbonyl (C=O) groups excluding carboxylic acids is 1. The van der Waals surface area contributed by atoms with E-state index in [1.807, 2.05) is 37.3 Å². The number of hydrazone groups is 1. The summed E-state index contributed by atoms with van der Waals surface area (Å²) in [4.78, 5) is 12.0. The second kappa shape index (κ2) is 5.85. The molecule has 1 aromatic heterocycles. The van der Waals surface area contributed by atoms with Gasteiger partial charge in [-0.2, -0.15) is 5.10 Å². The third-order valence-electron chi connectivity index (χ3n) is 3.61. The molecule has 22 heavy (non-hydrogen) atoms.